The number of hydrogen-bond acceptors (Lipinski definition) is 4. The summed E-state index contributed by atoms with van der Waals surface area (Å²) in [5.74, 6) is 0.945. The molecule has 0 bridgehead atoms. The molecule has 1 aromatic heterocycles. The molecule has 7 heteroatoms. The van der Waals surface area contributed by atoms with Crippen LogP contribution in [0.5, 0.6) is 0 Å². The van der Waals surface area contributed by atoms with Crippen LogP contribution in [0, 0.1) is 0 Å². The van der Waals surface area contributed by atoms with Crippen molar-refractivity contribution in [2.75, 3.05) is 12.0 Å². The molecule has 1 heterocycles. The molecule has 0 aliphatic heterocycles. The molecule has 5 nitrogen and oxygen atoms in total. The van der Waals surface area contributed by atoms with Crippen LogP contribution in [0.15, 0.2) is 17.2 Å². The van der Waals surface area contributed by atoms with Crippen molar-refractivity contribution >= 4 is 21.8 Å². The number of nitrogens with two attached hydrogens (primary N) is 1. The van der Waals surface area contributed by atoms with E-state index < -0.39 is 10.0 Å². The largest absolute Gasteiger partial charge is 0.346 e. The zero-order valence-corrected chi connectivity index (χ0v) is 13.6. The van der Waals surface area contributed by atoms with Gasteiger partial charge in [-0.05, 0) is 44.3 Å². The minimum atomic E-state index is -3.44. The van der Waals surface area contributed by atoms with E-state index >= 15 is 0 Å². The highest BCUT2D eigenvalue weighted by molar-refractivity contribution is 7.98. The van der Waals surface area contributed by atoms with Crippen molar-refractivity contribution in [2.24, 2.45) is 5.73 Å². The zero-order chi connectivity index (χ0) is 14.8. The minimum Gasteiger partial charge on any atom is -0.346 e. The lowest BCUT2D eigenvalue weighted by Gasteiger charge is -2.12. The maximum atomic E-state index is 12.4. The van der Waals surface area contributed by atoms with Crippen molar-refractivity contribution < 1.29 is 8.42 Å². The van der Waals surface area contributed by atoms with Crippen LogP contribution in [-0.2, 0) is 16.6 Å². The molecular weight excluding hydrogens is 294 g/mol. The number of hydrogen-bond donors (Lipinski definition) is 2. The van der Waals surface area contributed by atoms with Crippen molar-refractivity contribution in [3.63, 3.8) is 0 Å². The monoisotopic (exact) mass is 317 g/mol. The molecule has 0 aromatic carbocycles. The number of nitrogens with zero attached hydrogens (tertiary/aromatic N) is 1. The number of thioether (sulfide) groups is 1. The van der Waals surface area contributed by atoms with Gasteiger partial charge in [0.25, 0.3) is 0 Å². The maximum Gasteiger partial charge on any atom is 0.242 e. The summed E-state index contributed by atoms with van der Waals surface area (Å²) in [5, 5.41) is 0. The van der Waals surface area contributed by atoms with E-state index in [1.54, 1.807) is 24.0 Å². The smallest absolute Gasteiger partial charge is 0.242 e. The van der Waals surface area contributed by atoms with E-state index in [9.17, 15) is 8.42 Å². The van der Waals surface area contributed by atoms with Gasteiger partial charge >= 0.3 is 0 Å². The summed E-state index contributed by atoms with van der Waals surface area (Å²) in [6.07, 6.45) is 6.79. The summed E-state index contributed by atoms with van der Waals surface area (Å²) < 4.78 is 29.5. The van der Waals surface area contributed by atoms with E-state index in [4.69, 9.17) is 5.73 Å². The molecule has 1 saturated carbocycles. The van der Waals surface area contributed by atoms with Gasteiger partial charge in [-0.15, -0.1) is 0 Å². The van der Waals surface area contributed by atoms with Crippen LogP contribution >= 0.6 is 11.8 Å². The van der Waals surface area contributed by atoms with Gasteiger partial charge in [-0.2, -0.15) is 11.8 Å². The van der Waals surface area contributed by atoms with E-state index in [0.717, 1.165) is 30.7 Å². The Morgan fingerprint density at radius 1 is 1.55 bits per heavy atom. The molecule has 1 aliphatic carbocycles. The third kappa shape index (κ3) is 3.78. The van der Waals surface area contributed by atoms with Gasteiger partial charge in [0.1, 0.15) is 0 Å². The first kappa shape index (κ1) is 15.9. The van der Waals surface area contributed by atoms with Crippen LogP contribution in [0.25, 0.3) is 0 Å². The second-order valence-corrected chi connectivity index (χ2v) is 8.01. The van der Waals surface area contributed by atoms with Gasteiger partial charge in [-0.25, -0.2) is 13.1 Å². The van der Waals surface area contributed by atoms with Crippen LogP contribution in [-0.4, -0.2) is 31.0 Å². The Kier molecular flexibility index (Phi) is 5.17. The number of sulfonamides is 1. The molecule has 1 unspecified atom stereocenters. The standard InChI is InChI=1S/C13H23N3O2S2/c1-10(5-6-19-2)15-20(17,18)13-7-12(8-14)16(9-13)11-3-4-11/h7,9-11,15H,3-6,8,14H2,1-2H3. The van der Waals surface area contributed by atoms with Gasteiger partial charge in [0.2, 0.25) is 10.0 Å². The average Bonchev–Trinajstić information content (AvgIpc) is 3.14. The Labute approximate surface area is 125 Å². The first-order chi connectivity index (χ1) is 9.47. The van der Waals surface area contributed by atoms with E-state index in [1.807, 2.05) is 17.7 Å². The van der Waals surface area contributed by atoms with Crippen LogP contribution in [0.1, 0.15) is 37.9 Å². The van der Waals surface area contributed by atoms with Crippen molar-refractivity contribution in [2.45, 2.75) is 49.7 Å². The Bertz CT molecular complexity index is 550. The van der Waals surface area contributed by atoms with E-state index in [-0.39, 0.29) is 6.04 Å². The average molecular weight is 317 g/mol. The predicted octanol–water partition coefficient (Wildman–Crippen LogP) is 1.70. The molecule has 1 atom stereocenters. The van der Waals surface area contributed by atoms with Gasteiger partial charge in [0.15, 0.2) is 0 Å². The fourth-order valence-corrected chi connectivity index (χ4v) is 4.10. The molecule has 0 radical (unpaired) electrons. The van der Waals surface area contributed by atoms with Gasteiger partial charge in [-0.1, -0.05) is 0 Å². The highest BCUT2D eigenvalue weighted by atomic mass is 32.2. The van der Waals surface area contributed by atoms with E-state index in [2.05, 4.69) is 4.72 Å². The molecule has 114 valence electrons. The summed E-state index contributed by atoms with van der Waals surface area (Å²) in [5.41, 5.74) is 6.59. The quantitative estimate of drug-likeness (QED) is 0.765. The number of nitrogens with one attached hydrogen (secondary N) is 1. The maximum absolute atomic E-state index is 12.4. The van der Waals surface area contributed by atoms with E-state index in [0.29, 0.717) is 17.5 Å². The summed E-state index contributed by atoms with van der Waals surface area (Å²) in [7, 11) is -3.44. The lowest BCUT2D eigenvalue weighted by Crippen LogP contribution is -2.32. The van der Waals surface area contributed by atoms with Crippen LogP contribution in [0.4, 0.5) is 0 Å². The molecule has 2 rings (SSSR count). The Hall–Kier alpha value is -0.500. The number of rotatable bonds is 8. The van der Waals surface area contributed by atoms with Crippen LogP contribution in [0.3, 0.4) is 0 Å². The fourth-order valence-electron chi connectivity index (χ4n) is 2.19. The molecule has 0 saturated heterocycles. The van der Waals surface area contributed by atoms with Gasteiger partial charge < -0.3 is 10.3 Å². The summed E-state index contributed by atoms with van der Waals surface area (Å²) in [4.78, 5) is 0.334. The number of aromatic nitrogens is 1. The predicted molar refractivity (Wildman–Crippen MR) is 83.4 cm³/mol. The highest BCUT2D eigenvalue weighted by Crippen LogP contribution is 2.37. The Balaban J connectivity index is 2.12. The summed E-state index contributed by atoms with van der Waals surface area (Å²) >= 11 is 1.72. The van der Waals surface area contributed by atoms with Crippen molar-refractivity contribution in [3.05, 3.63) is 18.0 Å². The highest BCUT2D eigenvalue weighted by Gasteiger charge is 2.28. The van der Waals surface area contributed by atoms with Gasteiger partial charge in [-0.3, -0.25) is 0 Å². The lowest BCUT2D eigenvalue weighted by atomic mass is 10.3. The molecule has 1 aromatic rings. The molecule has 20 heavy (non-hydrogen) atoms. The summed E-state index contributed by atoms with van der Waals surface area (Å²) in [6, 6.07) is 2.08. The molecule has 1 aliphatic rings. The molecule has 3 N–H and O–H groups in total. The molecule has 0 spiro atoms. The zero-order valence-electron chi connectivity index (χ0n) is 12.0. The van der Waals surface area contributed by atoms with Crippen LogP contribution in [0.2, 0.25) is 0 Å². The van der Waals surface area contributed by atoms with Crippen molar-refractivity contribution in [1.82, 2.24) is 9.29 Å². The van der Waals surface area contributed by atoms with Crippen LogP contribution < -0.4 is 10.5 Å². The SMILES string of the molecule is CSCCC(C)NS(=O)(=O)c1cc(CN)n(C2CC2)c1. The third-order valence-electron chi connectivity index (χ3n) is 3.48. The minimum absolute atomic E-state index is 0.0574. The fraction of sp³-hybridized carbons (Fsp3) is 0.692. The molecule has 0 amide bonds. The first-order valence-corrected chi connectivity index (χ1v) is 9.77. The third-order valence-corrected chi connectivity index (χ3v) is 5.68. The molecular formula is C13H23N3O2S2. The molecule has 1 fully saturated rings. The van der Waals surface area contributed by atoms with Crippen molar-refractivity contribution in [1.29, 1.82) is 0 Å². The second kappa shape index (κ2) is 6.51. The van der Waals surface area contributed by atoms with Gasteiger partial charge in [0.05, 0.1) is 4.90 Å². The normalized spacial score (nSPS) is 17.4. The van der Waals surface area contributed by atoms with Crippen molar-refractivity contribution in [3.8, 4) is 0 Å². The van der Waals surface area contributed by atoms with E-state index in [1.165, 1.54) is 0 Å². The first-order valence-electron chi connectivity index (χ1n) is 6.90. The Morgan fingerprint density at radius 3 is 2.80 bits per heavy atom. The lowest BCUT2D eigenvalue weighted by molar-refractivity contribution is 0.556. The second-order valence-electron chi connectivity index (χ2n) is 5.31. The Morgan fingerprint density at radius 2 is 2.25 bits per heavy atom. The summed E-state index contributed by atoms with van der Waals surface area (Å²) in [6.45, 7) is 2.27. The van der Waals surface area contributed by atoms with Gasteiger partial charge in [0, 0.05) is 30.5 Å². The topological polar surface area (TPSA) is 77.1 Å².